The molecule has 0 bridgehead atoms. The molecule has 0 fully saturated rings. The van der Waals surface area contributed by atoms with Crippen molar-refractivity contribution in [2.45, 2.75) is 32.7 Å². The fraction of sp³-hybridized carbons (Fsp3) is 0.625. The third kappa shape index (κ3) is 2.35. The molecule has 64 valence electrons. The van der Waals surface area contributed by atoms with Crippen LogP contribution in [0.5, 0.6) is 0 Å². The first kappa shape index (κ1) is 8.72. The molecular formula is C8H12N4. The summed E-state index contributed by atoms with van der Waals surface area (Å²) >= 11 is 0. The van der Waals surface area contributed by atoms with Crippen LogP contribution in [0, 0.1) is 11.3 Å². The first-order valence-corrected chi connectivity index (χ1v) is 4.16. The van der Waals surface area contributed by atoms with Gasteiger partial charge in [0.1, 0.15) is 12.4 Å². The smallest absolute Gasteiger partial charge is 0.252 e. The molecular weight excluding hydrogens is 152 g/mol. The van der Waals surface area contributed by atoms with E-state index in [2.05, 4.69) is 17.0 Å². The Morgan fingerprint density at radius 1 is 1.58 bits per heavy atom. The lowest BCUT2D eigenvalue weighted by molar-refractivity contribution is 0.551. The van der Waals surface area contributed by atoms with Crippen LogP contribution in [0.4, 0.5) is 0 Å². The van der Waals surface area contributed by atoms with Crippen molar-refractivity contribution in [3.8, 4) is 6.07 Å². The van der Waals surface area contributed by atoms with Gasteiger partial charge in [0.25, 0.3) is 5.82 Å². The molecule has 1 heterocycles. The van der Waals surface area contributed by atoms with Crippen molar-refractivity contribution in [1.29, 1.82) is 5.26 Å². The van der Waals surface area contributed by atoms with Gasteiger partial charge in [0.05, 0.1) is 0 Å². The van der Waals surface area contributed by atoms with E-state index in [9.17, 15) is 0 Å². The molecule has 4 nitrogen and oxygen atoms in total. The normalized spacial score (nSPS) is 9.67. The molecule has 4 heteroatoms. The van der Waals surface area contributed by atoms with E-state index in [0.717, 1.165) is 13.0 Å². The van der Waals surface area contributed by atoms with Gasteiger partial charge < -0.3 is 0 Å². The number of aryl methyl sites for hydroxylation is 1. The molecule has 0 unspecified atom stereocenters. The molecule has 0 aliphatic rings. The van der Waals surface area contributed by atoms with E-state index in [-0.39, 0.29) is 5.82 Å². The molecule has 1 rings (SSSR count). The van der Waals surface area contributed by atoms with Crippen LogP contribution in [0.1, 0.15) is 32.0 Å². The first-order chi connectivity index (χ1) is 5.86. The molecule has 0 radical (unpaired) electrons. The number of unbranched alkanes of at least 4 members (excludes halogenated alkanes) is 2. The van der Waals surface area contributed by atoms with Crippen molar-refractivity contribution in [3.05, 3.63) is 12.2 Å². The molecule has 0 aliphatic heterocycles. The molecule has 0 aromatic carbocycles. The van der Waals surface area contributed by atoms with Gasteiger partial charge >= 0.3 is 0 Å². The monoisotopic (exact) mass is 164 g/mol. The van der Waals surface area contributed by atoms with E-state index in [0.29, 0.717) is 0 Å². The van der Waals surface area contributed by atoms with E-state index in [1.807, 2.05) is 6.07 Å². The van der Waals surface area contributed by atoms with E-state index in [1.165, 1.54) is 12.8 Å². The van der Waals surface area contributed by atoms with Crippen LogP contribution in [0.15, 0.2) is 6.33 Å². The summed E-state index contributed by atoms with van der Waals surface area (Å²) in [7, 11) is 0. The zero-order chi connectivity index (χ0) is 8.81. The largest absolute Gasteiger partial charge is 0.252 e. The quantitative estimate of drug-likeness (QED) is 0.631. The summed E-state index contributed by atoms with van der Waals surface area (Å²) in [6.45, 7) is 3.02. The maximum atomic E-state index is 8.43. The Bertz CT molecular complexity index is 271. The highest BCUT2D eigenvalue weighted by molar-refractivity contribution is 5.05. The highest BCUT2D eigenvalue weighted by Crippen LogP contribution is 1.97. The SMILES string of the molecule is CCCCCn1cnc(C#N)n1. The minimum Gasteiger partial charge on any atom is -0.252 e. The molecule has 0 aliphatic carbocycles. The second kappa shape index (κ2) is 4.50. The lowest BCUT2D eigenvalue weighted by Crippen LogP contribution is -1.98. The highest BCUT2D eigenvalue weighted by atomic mass is 15.3. The third-order valence-corrected chi connectivity index (χ3v) is 1.63. The fourth-order valence-electron chi connectivity index (χ4n) is 0.977. The van der Waals surface area contributed by atoms with E-state index >= 15 is 0 Å². The Labute approximate surface area is 71.8 Å². The Balaban J connectivity index is 2.38. The highest BCUT2D eigenvalue weighted by Gasteiger charge is 1.96. The van der Waals surface area contributed by atoms with E-state index in [4.69, 9.17) is 5.26 Å². The van der Waals surface area contributed by atoms with Gasteiger partial charge in [-0.15, -0.1) is 5.10 Å². The average Bonchev–Trinajstić information content (AvgIpc) is 2.53. The summed E-state index contributed by atoms with van der Waals surface area (Å²) in [5.41, 5.74) is 0. The van der Waals surface area contributed by atoms with Gasteiger partial charge in [0.15, 0.2) is 0 Å². The number of nitrogens with zero attached hydrogens (tertiary/aromatic N) is 4. The molecule has 0 saturated carbocycles. The van der Waals surface area contributed by atoms with Crippen LogP contribution in [-0.2, 0) is 6.54 Å². The van der Waals surface area contributed by atoms with Crippen LogP contribution in [0.3, 0.4) is 0 Å². The van der Waals surface area contributed by atoms with Gasteiger partial charge in [0, 0.05) is 6.54 Å². The maximum Gasteiger partial charge on any atom is 0.252 e. The van der Waals surface area contributed by atoms with Crippen molar-refractivity contribution < 1.29 is 0 Å². The summed E-state index contributed by atoms with van der Waals surface area (Å²) < 4.78 is 1.72. The van der Waals surface area contributed by atoms with Crippen molar-refractivity contribution in [2.24, 2.45) is 0 Å². The van der Waals surface area contributed by atoms with Gasteiger partial charge in [-0.25, -0.2) is 4.98 Å². The summed E-state index contributed by atoms with van der Waals surface area (Å²) in [6.07, 6.45) is 5.10. The van der Waals surface area contributed by atoms with Crippen molar-refractivity contribution in [2.75, 3.05) is 0 Å². The van der Waals surface area contributed by atoms with Crippen molar-refractivity contribution >= 4 is 0 Å². The molecule has 0 spiro atoms. The third-order valence-electron chi connectivity index (χ3n) is 1.63. The molecule has 0 atom stereocenters. The zero-order valence-electron chi connectivity index (χ0n) is 7.19. The number of hydrogen-bond donors (Lipinski definition) is 0. The second-order valence-corrected chi connectivity index (χ2v) is 2.65. The molecule has 1 aromatic heterocycles. The van der Waals surface area contributed by atoms with Crippen LogP contribution in [-0.4, -0.2) is 14.8 Å². The van der Waals surface area contributed by atoms with Gasteiger partial charge in [-0.05, 0) is 6.42 Å². The first-order valence-electron chi connectivity index (χ1n) is 4.16. The van der Waals surface area contributed by atoms with Gasteiger partial charge in [-0.2, -0.15) is 5.26 Å². The van der Waals surface area contributed by atoms with Crippen molar-refractivity contribution in [3.63, 3.8) is 0 Å². The second-order valence-electron chi connectivity index (χ2n) is 2.65. The lowest BCUT2D eigenvalue weighted by atomic mass is 10.2. The maximum absolute atomic E-state index is 8.43. The molecule has 1 aromatic rings. The standard InChI is InChI=1S/C8H12N4/c1-2-3-4-5-12-7-10-8(6-9)11-12/h7H,2-5H2,1H3. The minimum atomic E-state index is 0.256. The van der Waals surface area contributed by atoms with Crippen LogP contribution >= 0.6 is 0 Å². The predicted octanol–water partition coefficient (Wildman–Crippen LogP) is 1.34. The Morgan fingerprint density at radius 2 is 2.42 bits per heavy atom. The Morgan fingerprint density at radius 3 is 3.00 bits per heavy atom. The number of aromatic nitrogens is 3. The topological polar surface area (TPSA) is 54.5 Å². The van der Waals surface area contributed by atoms with E-state index < -0.39 is 0 Å². The van der Waals surface area contributed by atoms with Gasteiger partial charge in [-0.3, -0.25) is 4.68 Å². The van der Waals surface area contributed by atoms with Crippen LogP contribution < -0.4 is 0 Å². The summed E-state index contributed by atoms with van der Waals surface area (Å²) in [5, 5.41) is 12.4. The predicted molar refractivity (Wildman–Crippen MR) is 44.3 cm³/mol. The Hall–Kier alpha value is -1.37. The average molecular weight is 164 g/mol. The molecule has 0 saturated heterocycles. The zero-order valence-corrected chi connectivity index (χ0v) is 7.19. The van der Waals surface area contributed by atoms with E-state index in [1.54, 1.807) is 11.0 Å². The number of hydrogen-bond acceptors (Lipinski definition) is 3. The summed E-state index contributed by atoms with van der Waals surface area (Å²) in [6, 6.07) is 1.89. The summed E-state index contributed by atoms with van der Waals surface area (Å²) in [4.78, 5) is 3.80. The minimum absolute atomic E-state index is 0.256. The van der Waals surface area contributed by atoms with Crippen LogP contribution in [0.25, 0.3) is 0 Å². The van der Waals surface area contributed by atoms with Gasteiger partial charge in [-0.1, -0.05) is 19.8 Å². The Kier molecular flexibility index (Phi) is 3.27. The fourth-order valence-corrected chi connectivity index (χ4v) is 0.977. The van der Waals surface area contributed by atoms with Crippen LogP contribution in [0.2, 0.25) is 0 Å². The molecule has 0 N–H and O–H groups in total. The van der Waals surface area contributed by atoms with Crippen molar-refractivity contribution in [1.82, 2.24) is 14.8 Å². The number of rotatable bonds is 4. The number of nitriles is 1. The lowest BCUT2D eigenvalue weighted by Gasteiger charge is -1.96. The van der Waals surface area contributed by atoms with Gasteiger partial charge in [0.2, 0.25) is 0 Å². The molecule has 12 heavy (non-hydrogen) atoms. The molecule has 0 amide bonds. The summed E-state index contributed by atoms with van der Waals surface area (Å²) in [5.74, 6) is 0.256.